The van der Waals surface area contributed by atoms with Crippen LogP contribution in [0.5, 0.6) is 0 Å². The molecule has 21 heavy (non-hydrogen) atoms. The van der Waals surface area contributed by atoms with E-state index in [1.54, 1.807) is 6.20 Å². The molecule has 2 heterocycles. The normalized spacial score (nSPS) is 22.9. The molecule has 1 saturated carbocycles. The molecule has 2 unspecified atom stereocenters. The van der Waals surface area contributed by atoms with E-state index in [0.717, 1.165) is 42.8 Å². The van der Waals surface area contributed by atoms with Crippen LogP contribution in [0.1, 0.15) is 51.1 Å². The second-order valence-corrected chi connectivity index (χ2v) is 6.40. The first kappa shape index (κ1) is 14.3. The standard InChI is InChI=1S/C16H24N4O/c1-11(2)14-9-15-16(17-6-7-20(15)19-14)18-10-12-4-3-5-13(21)8-12/h6-7,9,11-13,21H,3-5,8,10H2,1-2H3,(H,17,18). The molecule has 2 atom stereocenters. The highest BCUT2D eigenvalue weighted by atomic mass is 16.3. The molecule has 114 valence electrons. The predicted octanol–water partition coefficient (Wildman–Crippen LogP) is 2.82. The zero-order valence-electron chi connectivity index (χ0n) is 12.8. The second-order valence-electron chi connectivity index (χ2n) is 6.40. The first-order valence-electron chi connectivity index (χ1n) is 7.89. The van der Waals surface area contributed by atoms with Crippen molar-refractivity contribution in [2.45, 2.75) is 51.6 Å². The summed E-state index contributed by atoms with van der Waals surface area (Å²) in [5, 5.41) is 17.8. The van der Waals surface area contributed by atoms with Crippen molar-refractivity contribution in [3.05, 3.63) is 24.2 Å². The highest BCUT2D eigenvalue weighted by Crippen LogP contribution is 2.25. The van der Waals surface area contributed by atoms with E-state index in [1.807, 2.05) is 10.7 Å². The second kappa shape index (κ2) is 6.02. The summed E-state index contributed by atoms with van der Waals surface area (Å²) in [6, 6.07) is 2.11. The Labute approximate surface area is 125 Å². The lowest BCUT2D eigenvalue weighted by atomic mass is 9.87. The minimum atomic E-state index is -0.128. The minimum absolute atomic E-state index is 0.128. The van der Waals surface area contributed by atoms with Crippen LogP contribution in [0.15, 0.2) is 18.5 Å². The van der Waals surface area contributed by atoms with Gasteiger partial charge in [0.05, 0.1) is 11.8 Å². The Hall–Kier alpha value is -1.62. The van der Waals surface area contributed by atoms with E-state index in [-0.39, 0.29) is 6.10 Å². The highest BCUT2D eigenvalue weighted by molar-refractivity contribution is 5.67. The zero-order chi connectivity index (χ0) is 14.8. The van der Waals surface area contributed by atoms with Gasteiger partial charge in [0.25, 0.3) is 0 Å². The number of aromatic nitrogens is 3. The maximum atomic E-state index is 9.76. The van der Waals surface area contributed by atoms with Crippen LogP contribution in [-0.2, 0) is 0 Å². The van der Waals surface area contributed by atoms with Gasteiger partial charge in [-0.25, -0.2) is 9.50 Å². The summed E-state index contributed by atoms with van der Waals surface area (Å²) >= 11 is 0. The quantitative estimate of drug-likeness (QED) is 0.908. The van der Waals surface area contributed by atoms with Crippen LogP contribution in [0.25, 0.3) is 5.52 Å². The monoisotopic (exact) mass is 288 g/mol. The third-order valence-corrected chi connectivity index (χ3v) is 4.31. The molecule has 0 aliphatic heterocycles. The van der Waals surface area contributed by atoms with Crippen molar-refractivity contribution in [2.75, 3.05) is 11.9 Å². The van der Waals surface area contributed by atoms with Gasteiger partial charge in [0.15, 0.2) is 5.82 Å². The van der Waals surface area contributed by atoms with Crippen molar-refractivity contribution >= 4 is 11.3 Å². The number of fused-ring (bicyclic) bond motifs is 1. The van der Waals surface area contributed by atoms with E-state index in [0.29, 0.717) is 11.8 Å². The summed E-state index contributed by atoms with van der Waals surface area (Å²) in [4.78, 5) is 4.45. The third-order valence-electron chi connectivity index (χ3n) is 4.31. The third kappa shape index (κ3) is 3.18. The van der Waals surface area contributed by atoms with Gasteiger partial charge in [-0.2, -0.15) is 5.10 Å². The van der Waals surface area contributed by atoms with Crippen LogP contribution in [-0.4, -0.2) is 32.4 Å². The molecule has 2 aromatic rings. The first-order valence-corrected chi connectivity index (χ1v) is 7.89. The molecule has 0 radical (unpaired) electrons. The number of hydrogen-bond acceptors (Lipinski definition) is 4. The molecule has 3 rings (SSSR count). The SMILES string of the molecule is CC(C)c1cc2c(NCC3CCCC(O)C3)nccn2n1. The number of hydrogen-bond donors (Lipinski definition) is 2. The average molecular weight is 288 g/mol. The molecule has 5 nitrogen and oxygen atoms in total. The van der Waals surface area contributed by atoms with E-state index >= 15 is 0 Å². The molecule has 1 fully saturated rings. The molecule has 1 aliphatic rings. The Morgan fingerprint density at radius 2 is 2.29 bits per heavy atom. The van der Waals surface area contributed by atoms with Crippen molar-refractivity contribution in [1.29, 1.82) is 0 Å². The summed E-state index contributed by atoms with van der Waals surface area (Å²) in [7, 11) is 0. The van der Waals surface area contributed by atoms with Crippen molar-refractivity contribution in [1.82, 2.24) is 14.6 Å². The minimum Gasteiger partial charge on any atom is -0.393 e. The molecule has 1 aliphatic carbocycles. The van der Waals surface area contributed by atoms with Crippen LogP contribution in [0.3, 0.4) is 0 Å². The van der Waals surface area contributed by atoms with Crippen LogP contribution in [0, 0.1) is 5.92 Å². The zero-order valence-corrected chi connectivity index (χ0v) is 12.8. The lowest BCUT2D eigenvalue weighted by Gasteiger charge is -2.26. The molecule has 0 spiro atoms. The first-order chi connectivity index (χ1) is 10.1. The van der Waals surface area contributed by atoms with Gasteiger partial charge in [0, 0.05) is 18.9 Å². The molecular formula is C16H24N4O. The van der Waals surface area contributed by atoms with E-state index in [2.05, 4.69) is 35.3 Å². The van der Waals surface area contributed by atoms with Gasteiger partial charge >= 0.3 is 0 Å². The van der Waals surface area contributed by atoms with Gasteiger partial charge in [0.2, 0.25) is 0 Å². The molecule has 0 aromatic carbocycles. The van der Waals surface area contributed by atoms with Gasteiger partial charge in [-0.15, -0.1) is 0 Å². The van der Waals surface area contributed by atoms with Crippen LogP contribution < -0.4 is 5.32 Å². The van der Waals surface area contributed by atoms with Crippen molar-refractivity contribution in [3.63, 3.8) is 0 Å². The van der Waals surface area contributed by atoms with E-state index < -0.39 is 0 Å². The van der Waals surface area contributed by atoms with Crippen molar-refractivity contribution in [2.24, 2.45) is 5.92 Å². The molecular weight excluding hydrogens is 264 g/mol. The highest BCUT2D eigenvalue weighted by Gasteiger charge is 2.20. The summed E-state index contributed by atoms with van der Waals surface area (Å²) in [5.41, 5.74) is 2.11. The predicted molar refractivity (Wildman–Crippen MR) is 83.5 cm³/mol. The fraction of sp³-hybridized carbons (Fsp3) is 0.625. The van der Waals surface area contributed by atoms with Crippen LogP contribution in [0.4, 0.5) is 5.82 Å². The number of anilines is 1. The maximum absolute atomic E-state index is 9.76. The fourth-order valence-electron chi connectivity index (χ4n) is 3.05. The summed E-state index contributed by atoms with van der Waals surface area (Å²) in [5.74, 6) is 1.83. The van der Waals surface area contributed by atoms with Crippen molar-refractivity contribution in [3.8, 4) is 0 Å². The van der Waals surface area contributed by atoms with E-state index in [1.165, 1.54) is 6.42 Å². The van der Waals surface area contributed by atoms with Crippen LogP contribution in [0.2, 0.25) is 0 Å². The molecule has 0 bridgehead atoms. The molecule has 5 heteroatoms. The van der Waals surface area contributed by atoms with Gasteiger partial charge in [-0.3, -0.25) is 0 Å². The van der Waals surface area contributed by atoms with Crippen LogP contribution >= 0.6 is 0 Å². The van der Waals surface area contributed by atoms with Crippen molar-refractivity contribution < 1.29 is 5.11 Å². The van der Waals surface area contributed by atoms with E-state index in [9.17, 15) is 5.11 Å². The Morgan fingerprint density at radius 3 is 3.05 bits per heavy atom. The Kier molecular flexibility index (Phi) is 4.10. The smallest absolute Gasteiger partial charge is 0.152 e. The topological polar surface area (TPSA) is 62.5 Å². The van der Waals surface area contributed by atoms with Gasteiger partial charge in [-0.05, 0) is 37.2 Å². The lowest BCUT2D eigenvalue weighted by Crippen LogP contribution is -2.25. The largest absolute Gasteiger partial charge is 0.393 e. The molecule has 0 saturated heterocycles. The number of aliphatic hydroxyl groups excluding tert-OH is 1. The molecule has 0 amide bonds. The number of aliphatic hydroxyl groups is 1. The number of nitrogens with one attached hydrogen (secondary N) is 1. The lowest BCUT2D eigenvalue weighted by molar-refractivity contribution is 0.104. The van der Waals surface area contributed by atoms with Gasteiger partial charge in [0.1, 0.15) is 5.52 Å². The molecule has 2 N–H and O–H groups in total. The summed E-state index contributed by atoms with van der Waals surface area (Å²) in [6.07, 6.45) is 7.69. The molecule has 2 aromatic heterocycles. The summed E-state index contributed by atoms with van der Waals surface area (Å²) in [6.45, 7) is 5.16. The average Bonchev–Trinajstić information content (AvgIpc) is 2.90. The number of nitrogens with zero attached hydrogens (tertiary/aromatic N) is 3. The fourth-order valence-corrected chi connectivity index (χ4v) is 3.05. The Balaban J connectivity index is 1.74. The van der Waals surface area contributed by atoms with Gasteiger partial charge in [-0.1, -0.05) is 20.3 Å². The Morgan fingerprint density at radius 1 is 1.43 bits per heavy atom. The summed E-state index contributed by atoms with van der Waals surface area (Å²) < 4.78 is 1.89. The Bertz CT molecular complexity index is 607. The van der Waals surface area contributed by atoms with Gasteiger partial charge < -0.3 is 10.4 Å². The van der Waals surface area contributed by atoms with E-state index in [4.69, 9.17) is 0 Å². The number of rotatable bonds is 4. The maximum Gasteiger partial charge on any atom is 0.152 e.